The second kappa shape index (κ2) is 5.53. The summed E-state index contributed by atoms with van der Waals surface area (Å²) in [5.41, 5.74) is 0.676. The third kappa shape index (κ3) is 2.79. The Hall–Kier alpha value is -0.0800. The van der Waals surface area contributed by atoms with Gasteiger partial charge in [0.1, 0.15) is 0 Å². The van der Waals surface area contributed by atoms with Crippen LogP contribution in [0, 0.1) is 29.1 Å². The molecule has 0 aromatic rings. The molecule has 1 saturated heterocycles. The molecule has 4 saturated carbocycles. The van der Waals surface area contributed by atoms with Gasteiger partial charge in [0, 0.05) is 12.6 Å². The summed E-state index contributed by atoms with van der Waals surface area (Å²) in [6.45, 7) is 6.38. The van der Waals surface area contributed by atoms with E-state index >= 15 is 0 Å². The van der Waals surface area contributed by atoms with Crippen molar-refractivity contribution >= 4 is 0 Å². The maximum atomic E-state index is 4.00. The van der Waals surface area contributed by atoms with Crippen LogP contribution in [0.25, 0.3) is 0 Å². The van der Waals surface area contributed by atoms with Gasteiger partial charge in [0.05, 0.1) is 0 Å². The Kier molecular flexibility index (Phi) is 3.82. The molecular formula is C19H34N2. The van der Waals surface area contributed by atoms with E-state index in [4.69, 9.17) is 0 Å². The van der Waals surface area contributed by atoms with Gasteiger partial charge in [-0.25, -0.2) is 0 Å². The summed E-state index contributed by atoms with van der Waals surface area (Å²) in [6.07, 6.45) is 12.2. The van der Waals surface area contributed by atoms with Crippen molar-refractivity contribution in [2.75, 3.05) is 26.7 Å². The average molecular weight is 290 g/mol. The standard InChI is InChI=1S/C19H34N2/c1-14(20-12-15-4-3-5-21(2)13-15)19-9-16-6-17(10-19)8-18(7-16)11-19/h14-18,20H,3-13H2,1-2H3. The fourth-order valence-electron chi connectivity index (χ4n) is 6.71. The molecule has 2 unspecified atom stereocenters. The van der Waals surface area contributed by atoms with E-state index < -0.39 is 0 Å². The Morgan fingerprint density at radius 3 is 2.29 bits per heavy atom. The van der Waals surface area contributed by atoms with Crippen LogP contribution >= 0.6 is 0 Å². The first-order valence-corrected chi connectivity index (χ1v) is 9.55. The average Bonchev–Trinajstić information content (AvgIpc) is 2.43. The van der Waals surface area contributed by atoms with Gasteiger partial charge in [0.25, 0.3) is 0 Å². The lowest BCUT2D eigenvalue weighted by molar-refractivity contribution is -0.0710. The van der Waals surface area contributed by atoms with Crippen molar-refractivity contribution in [3.8, 4) is 0 Å². The van der Waals surface area contributed by atoms with E-state index in [0.29, 0.717) is 5.41 Å². The van der Waals surface area contributed by atoms with Crippen molar-refractivity contribution in [3.63, 3.8) is 0 Å². The molecule has 5 aliphatic rings. The molecule has 0 amide bonds. The minimum Gasteiger partial charge on any atom is -0.313 e. The third-order valence-electron chi connectivity index (χ3n) is 7.44. The topological polar surface area (TPSA) is 15.3 Å². The number of hydrogen-bond donors (Lipinski definition) is 1. The summed E-state index contributed by atoms with van der Waals surface area (Å²) >= 11 is 0. The molecular weight excluding hydrogens is 256 g/mol. The minimum atomic E-state index is 0.676. The molecule has 2 nitrogen and oxygen atoms in total. The first-order valence-electron chi connectivity index (χ1n) is 9.55. The predicted molar refractivity (Wildman–Crippen MR) is 88.3 cm³/mol. The van der Waals surface area contributed by atoms with Gasteiger partial charge in [-0.05, 0) is 108 Å². The second-order valence-electron chi connectivity index (χ2n) is 9.18. The first kappa shape index (κ1) is 14.5. The van der Waals surface area contributed by atoms with Crippen LogP contribution in [0.2, 0.25) is 0 Å². The van der Waals surface area contributed by atoms with Crippen LogP contribution in [-0.2, 0) is 0 Å². The van der Waals surface area contributed by atoms with Crippen LogP contribution in [-0.4, -0.2) is 37.6 Å². The second-order valence-corrected chi connectivity index (χ2v) is 9.18. The van der Waals surface area contributed by atoms with E-state index in [-0.39, 0.29) is 0 Å². The molecule has 5 fully saturated rings. The molecule has 1 aliphatic heterocycles. The highest BCUT2D eigenvalue weighted by Crippen LogP contribution is 2.61. The van der Waals surface area contributed by atoms with Crippen LogP contribution < -0.4 is 5.32 Å². The number of piperidine rings is 1. The number of hydrogen-bond acceptors (Lipinski definition) is 2. The summed E-state index contributed by atoms with van der Waals surface area (Å²) in [4.78, 5) is 2.52. The van der Waals surface area contributed by atoms with Crippen molar-refractivity contribution in [1.29, 1.82) is 0 Å². The minimum absolute atomic E-state index is 0.676. The van der Waals surface area contributed by atoms with Crippen LogP contribution in [0.15, 0.2) is 0 Å². The maximum absolute atomic E-state index is 4.00. The van der Waals surface area contributed by atoms with Gasteiger partial charge in [-0.2, -0.15) is 0 Å². The molecule has 0 aromatic heterocycles. The highest BCUT2D eigenvalue weighted by Gasteiger charge is 2.52. The lowest BCUT2D eigenvalue weighted by Crippen LogP contribution is -2.55. The maximum Gasteiger partial charge on any atom is 0.00956 e. The molecule has 5 rings (SSSR count). The van der Waals surface area contributed by atoms with Crippen molar-refractivity contribution in [1.82, 2.24) is 10.2 Å². The number of rotatable bonds is 4. The van der Waals surface area contributed by atoms with E-state index in [9.17, 15) is 0 Å². The van der Waals surface area contributed by atoms with E-state index in [1.165, 1.54) is 32.5 Å². The molecule has 0 spiro atoms. The Labute approximate surface area is 131 Å². The number of likely N-dealkylation sites (tertiary alicyclic amines) is 1. The summed E-state index contributed by atoms with van der Waals surface area (Å²) in [5.74, 6) is 4.14. The van der Waals surface area contributed by atoms with Gasteiger partial charge in [-0.3, -0.25) is 0 Å². The molecule has 0 aromatic carbocycles. The monoisotopic (exact) mass is 290 g/mol. The molecule has 1 N–H and O–H groups in total. The highest BCUT2D eigenvalue weighted by atomic mass is 15.1. The van der Waals surface area contributed by atoms with E-state index in [0.717, 1.165) is 29.7 Å². The van der Waals surface area contributed by atoms with E-state index in [2.05, 4.69) is 24.2 Å². The molecule has 1 heterocycles. The quantitative estimate of drug-likeness (QED) is 0.852. The zero-order valence-electron chi connectivity index (χ0n) is 14.1. The first-order chi connectivity index (χ1) is 10.1. The molecule has 4 bridgehead atoms. The largest absolute Gasteiger partial charge is 0.313 e. The number of nitrogens with zero attached hydrogens (tertiary/aromatic N) is 1. The van der Waals surface area contributed by atoms with Gasteiger partial charge in [-0.1, -0.05) is 0 Å². The van der Waals surface area contributed by atoms with Crippen LogP contribution in [0.1, 0.15) is 58.3 Å². The van der Waals surface area contributed by atoms with Gasteiger partial charge in [0.15, 0.2) is 0 Å². The SMILES string of the molecule is CC(NCC1CCCN(C)C1)C12CC3CC(CC(C3)C1)C2. The summed E-state index contributed by atoms with van der Waals surface area (Å²) in [7, 11) is 2.29. The fraction of sp³-hybridized carbons (Fsp3) is 1.00. The summed E-state index contributed by atoms with van der Waals surface area (Å²) < 4.78 is 0. The molecule has 0 radical (unpaired) electrons. The number of nitrogens with one attached hydrogen (secondary N) is 1. The van der Waals surface area contributed by atoms with Gasteiger partial charge in [0.2, 0.25) is 0 Å². The Morgan fingerprint density at radius 1 is 1.10 bits per heavy atom. The normalized spacial score (nSPS) is 47.7. The Balaban J connectivity index is 1.35. The fourth-order valence-corrected chi connectivity index (χ4v) is 6.71. The van der Waals surface area contributed by atoms with Crippen molar-refractivity contribution < 1.29 is 0 Å². The smallest absolute Gasteiger partial charge is 0.00956 e. The molecule has 2 heteroatoms. The summed E-state index contributed by atoms with van der Waals surface area (Å²) in [5, 5.41) is 4.00. The van der Waals surface area contributed by atoms with Gasteiger partial charge in [-0.15, -0.1) is 0 Å². The van der Waals surface area contributed by atoms with E-state index in [1.807, 2.05) is 0 Å². The highest BCUT2D eigenvalue weighted by molar-refractivity contribution is 5.05. The van der Waals surface area contributed by atoms with E-state index in [1.54, 1.807) is 38.5 Å². The molecule has 2 atom stereocenters. The predicted octanol–water partition coefficient (Wildman–Crippen LogP) is 3.52. The lowest BCUT2D eigenvalue weighted by atomic mass is 9.48. The van der Waals surface area contributed by atoms with Crippen molar-refractivity contribution in [3.05, 3.63) is 0 Å². The Bertz CT molecular complexity index is 342. The molecule has 4 aliphatic carbocycles. The van der Waals surface area contributed by atoms with Crippen molar-refractivity contribution in [2.45, 2.75) is 64.3 Å². The zero-order chi connectivity index (χ0) is 14.4. The zero-order valence-corrected chi connectivity index (χ0v) is 14.1. The Morgan fingerprint density at radius 2 is 1.71 bits per heavy atom. The van der Waals surface area contributed by atoms with Crippen LogP contribution in [0.5, 0.6) is 0 Å². The van der Waals surface area contributed by atoms with Gasteiger partial charge < -0.3 is 10.2 Å². The van der Waals surface area contributed by atoms with Gasteiger partial charge >= 0.3 is 0 Å². The molecule has 21 heavy (non-hydrogen) atoms. The summed E-state index contributed by atoms with van der Waals surface area (Å²) in [6, 6.07) is 0.748. The molecule has 120 valence electrons. The van der Waals surface area contributed by atoms with Crippen LogP contribution in [0.3, 0.4) is 0 Å². The van der Waals surface area contributed by atoms with Crippen LogP contribution in [0.4, 0.5) is 0 Å². The third-order valence-corrected chi connectivity index (χ3v) is 7.44. The lowest BCUT2D eigenvalue weighted by Gasteiger charge is -2.59. The van der Waals surface area contributed by atoms with Crippen molar-refractivity contribution in [2.24, 2.45) is 29.1 Å².